The van der Waals surface area contributed by atoms with Gasteiger partial charge in [0.25, 0.3) is 0 Å². The number of carbonyl (C=O) groups is 1. The highest BCUT2D eigenvalue weighted by molar-refractivity contribution is 5.92. The van der Waals surface area contributed by atoms with Crippen molar-refractivity contribution in [1.29, 1.82) is 0 Å². The Morgan fingerprint density at radius 2 is 2.16 bits per heavy atom. The minimum Gasteiger partial charge on any atom is -0.461 e. The zero-order valence-electron chi connectivity index (χ0n) is 13.4. The van der Waals surface area contributed by atoms with Gasteiger partial charge in [-0.25, -0.2) is 4.98 Å². The molecule has 1 amide bonds. The first-order chi connectivity index (χ1) is 12.2. The normalized spacial score (nSPS) is 11.1. The van der Waals surface area contributed by atoms with Gasteiger partial charge in [0, 0.05) is 25.5 Å². The molecule has 0 aliphatic carbocycles. The van der Waals surface area contributed by atoms with Crippen molar-refractivity contribution in [2.24, 2.45) is 0 Å². The maximum absolute atomic E-state index is 12.1. The predicted molar refractivity (Wildman–Crippen MR) is 87.7 cm³/mol. The fourth-order valence-corrected chi connectivity index (χ4v) is 2.43. The van der Waals surface area contributed by atoms with E-state index < -0.39 is 0 Å². The highest BCUT2D eigenvalue weighted by Crippen LogP contribution is 2.20. The van der Waals surface area contributed by atoms with Gasteiger partial charge in [0.05, 0.1) is 6.26 Å². The quantitative estimate of drug-likeness (QED) is 0.594. The van der Waals surface area contributed by atoms with Crippen molar-refractivity contribution in [3.63, 3.8) is 0 Å². The Morgan fingerprint density at radius 1 is 1.24 bits per heavy atom. The molecule has 0 atom stereocenters. The lowest BCUT2D eigenvalue weighted by Crippen LogP contribution is -2.12. The van der Waals surface area contributed by atoms with Gasteiger partial charge in [-0.2, -0.15) is 4.98 Å². The number of hydrogen-bond donors (Lipinski definition) is 1. The highest BCUT2D eigenvalue weighted by atomic mass is 16.5. The third kappa shape index (κ3) is 3.27. The fraction of sp³-hybridized carbons (Fsp3) is 0.176. The molecule has 0 saturated carbocycles. The monoisotopic (exact) mass is 338 g/mol. The van der Waals surface area contributed by atoms with Crippen LogP contribution in [0.1, 0.15) is 18.2 Å². The number of aryl methyl sites for hydroxylation is 2. The Morgan fingerprint density at radius 3 is 3.00 bits per heavy atom. The van der Waals surface area contributed by atoms with Crippen molar-refractivity contribution in [3.8, 4) is 11.6 Å². The lowest BCUT2D eigenvalue weighted by atomic mass is 10.2. The second kappa shape index (κ2) is 6.23. The molecule has 25 heavy (non-hydrogen) atoms. The van der Waals surface area contributed by atoms with Crippen molar-refractivity contribution in [1.82, 2.24) is 15.1 Å². The average molecular weight is 338 g/mol. The molecule has 3 heterocycles. The van der Waals surface area contributed by atoms with Crippen LogP contribution in [0, 0.1) is 6.92 Å². The summed E-state index contributed by atoms with van der Waals surface area (Å²) in [5.41, 5.74) is 2.05. The summed E-state index contributed by atoms with van der Waals surface area (Å²) in [5.74, 6) is 1.70. The average Bonchev–Trinajstić information content (AvgIpc) is 3.32. The van der Waals surface area contributed by atoms with Gasteiger partial charge >= 0.3 is 0 Å². The second-order valence-electron chi connectivity index (χ2n) is 5.45. The molecule has 126 valence electrons. The number of nitrogens with zero attached hydrogens (tertiary/aromatic N) is 3. The largest absolute Gasteiger partial charge is 0.461 e. The van der Waals surface area contributed by atoms with E-state index in [1.54, 1.807) is 37.3 Å². The molecule has 4 aromatic rings. The highest BCUT2D eigenvalue weighted by Gasteiger charge is 2.13. The minimum atomic E-state index is -0.155. The van der Waals surface area contributed by atoms with Gasteiger partial charge in [0.2, 0.25) is 17.6 Å². The molecule has 0 unspecified atom stereocenters. The van der Waals surface area contributed by atoms with Crippen LogP contribution < -0.4 is 5.32 Å². The van der Waals surface area contributed by atoms with Gasteiger partial charge in [0.15, 0.2) is 17.2 Å². The summed E-state index contributed by atoms with van der Waals surface area (Å²) in [7, 11) is 0. The zero-order chi connectivity index (χ0) is 17.2. The van der Waals surface area contributed by atoms with Crippen LogP contribution in [0.25, 0.3) is 22.7 Å². The van der Waals surface area contributed by atoms with Crippen LogP contribution in [-0.4, -0.2) is 21.0 Å². The molecule has 1 N–H and O–H groups in total. The van der Waals surface area contributed by atoms with Crippen molar-refractivity contribution in [2.75, 3.05) is 5.32 Å². The van der Waals surface area contributed by atoms with Crippen molar-refractivity contribution in [2.45, 2.75) is 19.8 Å². The molecule has 0 saturated heterocycles. The first-order valence-electron chi connectivity index (χ1n) is 7.71. The molecular formula is C17H14N4O4. The fourth-order valence-electron chi connectivity index (χ4n) is 2.43. The summed E-state index contributed by atoms with van der Waals surface area (Å²) in [6.07, 6.45) is 2.09. The van der Waals surface area contributed by atoms with E-state index in [-0.39, 0.29) is 12.3 Å². The SMILES string of the molecule is Cc1nc2cc(NC(=O)CCc3nc(-c4ccco4)no3)ccc2o1. The Hall–Kier alpha value is -3.42. The van der Waals surface area contributed by atoms with Gasteiger partial charge < -0.3 is 18.7 Å². The number of fused-ring (bicyclic) bond motifs is 1. The van der Waals surface area contributed by atoms with Crippen LogP contribution in [0.5, 0.6) is 0 Å². The van der Waals surface area contributed by atoms with Crippen LogP contribution >= 0.6 is 0 Å². The zero-order valence-corrected chi connectivity index (χ0v) is 13.4. The molecule has 0 fully saturated rings. The van der Waals surface area contributed by atoms with E-state index in [1.807, 2.05) is 0 Å². The summed E-state index contributed by atoms with van der Waals surface area (Å²) in [4.78, 5) is 20.5. The van der Waals surface area contributed by atoms with Gasteiger partial charge in [0.1, 0.15) is 5.52 Å². The Bertz CT molecular complexity index is 1020. The molecule has 0 aliphatic rings. The van der Waals surface area contributed by atoms with Gasteiger partial charge in [-0.1, -0.05) is 5.16 Å². The third-order valence-electron chi connectivity index (χ3n) is 3.55. The number of hydrogen-bond acceptors (Lipinski definition) is 7. The van der Waals surface area contributed by atoms with Crippen LogP contribution in [-0.2, 0) is 11.2 Å². The smallest absolute Gasteiger partial charge is 0.238 e. The van der Waals surface area contributed by atoms with E-state index in [9.17, 15) is 4.79 Å². The number of aromatic nitrogens is 3. The molecule has 0 radical (unpaired) electrons. The van der Waals surface area contributed by atoms with E-state index in [0.29, 0.717) is 46.6 Å². The summed E-state index contributed by atoms with van der Waals surface area (Å²) in [5, 5.41) is 6.65. The van der Waals surface area contributed by atoms with Crippen LogP contribution in [0.3, 0.4) is 0 Å². The Labute approximate surface area is 141 Å². The number of rotatable bonds is 5. The maximum Gasteiger partial charge on any atom is 0.238 e. The Balaban J connectivity index is 1.37. The molecule has 0 bridgehead atoms. The van der Waals surface area contributed by atoms with Crippen LogP contribution in [0.4, 0.5) is 5.69 Å². The van der Waals surface area contributed by atoms with Gasteiger partial charge in [-0.05, 0) is 30.3 Å². The van der Waals surface area contributed by atoms with Gasteiger partial charge in [-0.3, -0.25) is 4.79 Å². The van der Waals surface area contributed by atoms with E-state index in [0.717, 1.165) is 0 Å². The van der Waals surface area contributed by atoms with Crippen molar-refractivity contribution < 1.29 is 18.2 Å². The van der Waals surface area contributed by atoms with E-state index in [1.165, 1.54) is 6.26 Å². The molecule has 1 aromatic carbocycles. The molecule has 8 nitrogen and oxygen atoms in total. The van der Waals surface area contributed by atoms with Crippen LogP contribution in [0.2, 0.25) is 0 Å². The molecule has 3 aromatic heterocycles. The van der Waals surface area contributed by atoms with Crippen molar-refractivity contribution in [3.05, 3.63) is 48.4 Å². The minimum absolute atomic E-state index is 0.155. The standard InChI is InChI=1S/C17H14N4O4/c1-10-18-12-9-11(4-5-13(12)24-10)19-15(22)6-7-16-20-17(21-25-16)14-3-2-8-23-14/h2-5,8-9H,6-7H2,1H3,(H,19,22). The molecule has 4 rings (SSSR count). The van der Waals surface area contributed by atoms with Crippen LogP contribution in [0.15, 0.2) is 50.0 Å². The third-order valence-corrected chi connectivity index (χ3v) is 3.55. The summed E-state index contributed by atoms with van der Waals surface area (Å²) in [6, 6.07) is 8.80. The van der Waals surface area contributed by atoms with E-state index in [2.05, 4.69) is 20.4 Å². The Kier molecular flexibility index (Phi) is 3.77. The number of oxazole rings is 1. The van der Waals surface area contributed by atoms with E-state index >= 15 is 0 Å². The predicted octanol–water partition coefficient (Wildman–Crippen LogP) is 3.35. The topological polar surface area (TPSA) is 107 Å². The first-order valence-corrected chi connectivity index (χ1v) is 7.71. The number of anilines is 1. The number of carbonyl (C=O) groups excluding carboxylic acids is 1. The number of benzene rings is 1. The molecule has 0 aliphatic heterocycles. The second-order valence-corrected chi connectivity index (χ2v) is 5.45. The number of amides is 1. The lowest BCUT2D eigenvalue weighted by Gasteiger charge is -2.03. The lowest BCUT2D eigenvalue weighted by molar-refractivity contribution is -0.116. The summed E-state index contributed by atoms with van der Waals surface area (Å²) >= 11 is 0. The molecule has 0 spiro atoms. The number of furan rings is 1. The van der Waals surface area contributed by atoms with Gasteiger partial charge in [-0.15, -0.1) is 0 Å². The van der Waals surface area contributed by atoms with E-state index in [4.69, 9.17) is 13.4 Å². The molecular weight excluding hydrogens is 324 g/mol. The van der Waals surface area contributed by atoms with Crippen molar-refractivity contribution >= 4 is 22.7 Å². The summed E-state index contributed by atoms with van der Waals surface area (Å²) in [6.45, 7) is 1.78. The first kappa shape index (κ1) is 15.1. The summed E-state index contributed by atoms with van der Waals surface area (Å²) < 4.78 is 15.7. The molecule has 8 heteroatoms. The number of nitrogens with one attached hydrogen (secondary N) is 1. The maximum atomic E-state index is 12.1.